The van der Waals surface area contributed by atoms with Crippen molar-refractivity contribution in [1.82, 2.24) is 4.90 Å². The monoisotopic (exact) mass is 254 g/mol. The van der Waals surface area contributed by atoms with E-state index >= 15 is 0 Å². The molecule has 1 atom stereocenters. The molecule has 0 spiro atoms. The minimum absolute atomic E-state index is 0.0620. The van der Waals surface area contributed by atoms with Crippen LogP contribution in [0.4, 0.5) is 14.9 Å². The van der Waals surface area contributed by atoms with Crippen LogP contribution in [0.5, 0.6) is 0 Å². The highest BCUT2D eigenvalue weighted by atomic mass is 19.1. The van der Waals surface area contributed by atoms with Crippen LogP contribution in [-0.4, -0.2) is 35.1 Å². The highest BCUT2D eigenvalue weighted by Gasteiger charge is 2.22. The van der Waals surface area contributed by atoms with E-state index in [1.165, 1.54) is 26.1 Å². The summed E-state index contributed by atoms with van der Waals surface area (Å²) < 4.78 is 13.5. The van der Waals surface area contributed by atoms with Crippen LogP contribution in [0.2, 0.25) is 0 Å². The van der Waals surface area contributed by atoms with E-state index in [0.717, 1.165) is 4.90 Å². The lowest BCUT2D eigenvalue weighted by molar-refractivity contribution is -0.141. The van der Waals surface area contributed by atoms with Crippen LogP contribution >= 0.6 is 0 Å². The van der Waals surface area contributed by atoms with Crippen LogP contribution in [0.1, 0.15) is 12.5 Å². The van der Waals surface area contributed by atoms with Gasteiger partial charge in [0.15, 0.2) is 0 Å². The zero-order valence-electron chi connectivity index (χ0n) is 10.4. The van der Waals surface area contributed by atoms with E-state index < -0.39 is 23.9 Å². The number of anilines is 1. The minimum atomic E-state index is -1.13. The number of amides is 2. The molecule has 18 heavy (non-hydrogen) atoms. The van der Waals surface area contributed by atoms with Crippen molar-refractivity contribution >= 4 is 17.7 Å². The number of urea groups is 1. The number of carbonyl (C=O) groups is 2. The van der Waals surface area contributed by atoms with Crippen molar-refractivity contribution in [2.45, 2.75) is 19.9 Å². The second-order valence-electron chi connectivity index (χ2n) is 3.99. The lowest BCUT2D eigenvalue weighted by Crippen LogP contribution is -2.42. The third-order valence-corrected chi connectivity index (χ3v) is 2.71. The molecule has 0 saturated carbocycles. The number of carboxylic acid groups (broad SMARTS) is 1. The molecule has 0 aliphatic carbocycles. The standard InChI is InChI=1S/C12H15FN2O3/c1-7-5-4-6-9(13)10(7)14-12(18)15(3)8(2)11(16)17/h4-6,8H,1-3H3,(H,14,18)(H,16,17). The Labute approximate surface area is 104 Å². The van der Waals surface area contributed by atoms with E-state index in [0.29, 0.717) is 5.56 Å². The van der Waals surface area contributed by atoms with Gasteiger partial charge in [-0.2, -0.15) is 0 Å². The van der Waals surface area contributed by atoms with Gasteiger partial charge in [0, 0.05) is 7.05 Å². The average Bonchev–Trinajstić information content (AvgIpc) is 2.31. The molecule has 1 aromatic rings. The molecule has 0 aromatic heterocycles. The number of nitrogens with zero attached hydrogens (tertiary/aromatic N) is 1. The highest BCUT2D eigenvalue weighted by Crippen LogP contribution is 2.19. The summed E-state index contributed by atoms with van der Waals surface area (Å²) in [6, 6.07) is 2.75. The topological polar surface area (TPSA) is 69.6 Å². The molecule has 98 valence electrons. The van der Waals surface area contributed by atoms with Gasteiger partial charge in [0.05, 0.1) is 5.69 Å². The number of rotatable bonds is 3. The fourth-order valence-electron chi connectivity index (χ4n) is 1.33. The van der Waals surface area contributed by atoms with Crippen LogP contribution < -0.4 is 5.32 Å². The summed E-state index contributed by atoms with van der Waals surface area (Å²) in [5.74, 6) is -1.68. The summed E-state index contributed by atoms with van der Waals surface area (Å²) in [4.78, 5) is 23.5. The first-order chi connectivity index (χ1) is 8.34. The van der Waals surface area contributed by atoms with Gasteiger partial charge in [-0.05, 0) is 25.5 Å². The smallest absolute Gasteiger partial charge is 0.326 e. The summed E-state index contributed by atoms with van der Waals surface area (Å²) in [7, 11) is 1.34. The van der Waals surface area contributed by atoms with Gasteiger partial charge in [-0.25, -0.2) is 14.0 Å². The predicted molar refractivity (Wildman–Crippen MR) is 65.0 cm³/mol. The lowest BCUT2D eigenvalue weighted by Gasteiger charge is -2.22. The summed E-state index contributed by atoms with van der Waals surface area (Å²) in [6.45, 7) is 3.02. The molecule has 0 bridgehead atoms. The van der Waals surface area contributed by atoms with Gasteiger partial charge in [-0.1, -0.05) is 12.1 Å². The van der Waals surface area contributed by atoms with Crippen molar-refractivity contribution in [2.75, 3.05) is 12.4 Å². The van der Waals surface area contributed by atoms with Crippen molar-refractivity contribution in [1.29, 1.82) is 0 Å². The van der Waals surface area contributed by atoms with E-state index in [1.807, 2.05) is 0 Å². The van der Waals surface area contributed by atoms with Gasteiger partial charge >= 0.3 is 12.0 Å². The van der Waals surface area contributed by atoms with Gasteiger partial charge in [0.2, 0.25) is 0 Å². The Balaban J connectivity index is 2.85. The summed E-state index contributed by atoms with van der Waals surface area (Å²) >= 11 is 0. The summed E-state index contributed by atoms with van der Waals surface area (Å²) in [6.07, 6.45) is 0. The third kappa shape index (κ3) is 2.97. The molecule has 0 radical (unpaired) electrons. The summed E-state index contributed by atoms with van der Waals surface area (Å²) in [5, 5.41) is 11.1. The van der Waals surface area contributed by atoms with Crippen molar-refractivity contribution in [2.24, 2.45) is 0 Å². The Morgan fingerprint density at radius 1 is 1.44 bits per heavy atom. The fourth-order valence-corrected chi connectivity index (χ4v) is 1.33. The first-order valence-electron chi connectivity index (χ1n) is 5.36. The Kier molecular flexibility index (Phi) is 4.25. The van der Waals surface area contributed by atoms with Crippen molar-refractivity contribution in [3.63, 3.8) is 0 Å². The molecular formula is C12H15FN2O3. The Bertz CT molecular complexity index is 456. The molecule has 0 aliphatic rings. The number of halogens is 1. The molecular weight excluding hydrogens is 239 g/mol. The predicted octanol–water partition coefficient (Wildman–Crippen LogP) is 2.07. The second kappa shape index (κ2) is 5.48. The van der Waals surface area contributed by atoms with Crippen LogP contribution in [0, 0.1) is 12.7 Å². The molecule has 1 rings (SSSR count). The van der Waals surface area contributed by atoms with E-state index in [2.05, 4.69) is 5.32 Å². The Morgan fingerprint density at radius 3 is 2.56 bits per heavy atom. The molecule has 0 aliphatic heterocycles. The first-order valence-corrected chi connectivity index (χ1v) is 5.36. The number of para-hydroxylation sites is 1. The van der Waals surface area contributed by atoms with Gasteiger partial charge in [-0.3, -0.25) is 0 Å². The third-order valence-electron chi connectivity index (χ3n) is 2.71. The lowest BCUT2D eigenvalue weighted by atomic mass is 10.2. The molecule has 0 saturated heterocycles. The minimum Gasteiger partial charge on any atom is -0.480 e. The van der Waals surface area contributed by atoms with Crippen molar-refractivity contribution in [3.8, 4) is 0 Å². The fraction of sp³-hybridized carbons (Fsp3) is 0.333. The molecule has 2 amide bonds. The maximum absolute atomic E-state index is 13.5. The molecule has 2 N–H and O–H groups in total. The van der Waals surface area contributed by atoms with E-state index in [1.54, 1.807) is 13.0 Å². The quantitative estimate of drug-likeness (QED) is 0.867. The number of nitrogens with one attached hydrogen (secondary N) is 1. The van der Waals surface area contributed by atoms with Crippen LogP contribution in [-0.2, 0) is 4.79 Å². The molecule has 6 heteroatoms. The van der Waals surface area contributed by atoms with E-state index in [-0.39, 0.29) is 5.69 Å². The van der Waals surface area contributed by atoms with E-state index in [4.69, 9.17) is 5.11 Å². The first kappa shape index (κ1) is 14.0. The maximum atomic E-state index is 13.5. The largest absolute Gasteiger partial charge is 0.480 e. The highest BCUT2D eigenvalue weighted by molar-refractivity contribution is 5.92. The zero-order valence-corrected chi connectivity index (χ0v) is 10.4. The second-order valence-corrected chi connectivity index (χ2v) is 3.99. The number of benzene rings is 1. The normalized spacial score (nSPS) is 11.8. The zero-order chi connectivity index (χ0) is 13.9. The number of aryl methyl sites for hydroxylation is 1. The van der Waals surface area contributed by atoms with Crippen molar-refractivity contribution < 1.29 is 19.1 Å². The van der Waals surface area contributed by atoms with Gasteiger partial charge in [0.25, 0.3) is 0 Å². The molecule has 0 heterocycles. The van der Waals surface area contributed by atoms with Crippen LogP contribution in [0.3, 0.4) is 0 Å². The summed E-state index contributed by atoms with van der Waals surface area (Å²) in [5.41, 5.74) is 0.631. The number of hydrogen-bond donors (Lipinski definition) is 2. The average molecular weight is 254 g/mol. The number of carbonyl (C=O) groups excluding carboxylic acids is 1. The maximum Gasteiger partial charge on any atom is 0.326 e. The number of likely N-dealkylation sites (N-methyl/N-ethyl adjacent to an activating group) is 1. The van der Waals surface area contributed by atoms with Crippen LogP contribution in [0.15, 0.2) is 18.2 Å². The molecule has 0 fully saturated rings. The number of hydrogen-bond acceptors (Lipinski definition) is 2. The Hall–Kier alpha value is -2.11. The molecule has 1 unspecified atom stereocenters. The van der Waals surface area contributed by atoms with Crippen LogP contribution in [0.25, 0.3) is 0 Å². The van der Waals surface area contributed by atoms with Gasteiger partial charge in [-0.15, -0.1) is 0 Å². The molecule has 1 aromatic carbocycles. The van der Waals surface area contributed by atoms with E-state index in [9.17, 15) is 14.0 Å². The van der Waals surface area contributed by atoms with Crippen molar-refractivity contribution in [3.05, 3.63) is 29.6 Å². The number of carboxylic acids is 1. The Morgan fingerprint density at radius 2 is 2.06 bits per heavy atom. The SMILES string of the molecule is Cc1cccc(F)c1NC(=O)N(C)C(C)C(=O)O. The van der Waals surface area contributed by atoms with Gasteiger partial charge in [0.1, 0.15) is 11.9 Å². The molecule has 5 nitrogen and oxygen atoms in total. The van der Waals surface area contributed by atoms with Gasteiger partial charge < -0.3 is 15.3 Å². The number of aliphatic carboxylic acids is 1.